The Bertz CT molecular complexity index is 892. The van der Waals surface area contributed by atoms with E-state index in [0.717, 1.165) is 24.4 Å². The number of carbonyl (C=O) groups excluding carboxylic acids is 1. The molecule has 0 radical (unpaired) electrons. The third kappa shape index (κ3) is 3.35. The molecule has 132 valence electrons. The lowest BCUT2D eigenvalue weighted by Gasteiger charge is -2.32. The van der Waals surface area contributed by atoms with E-state index in [1.807, 2.05) is 33.9 Å². The van der Waals surface area contributed by atoms with Crippen molar-refractivity contribution in [1.29, 1.82) is 0 Å². The standard InChI is InChI=1S/C20H19FN4O/c21-17-8-6-15(7-9-17)20(26)24-11-2-3-16(13-24)18-4-1-5-19(23-18)25-12-10-22-14-25/h1,4-10,12,14,16H,2-3,11,13H2/t16-/m0/s1. The van der Waals surface area contributed by atoms with E-state index in [4.69, 9.17) is 4.98 Å². The van der Waals surface area contributed by atoms with Gasteiger partial charge in [-0.25, -0.2) is 14.4 Å². The Labute approximate surface area is 151 Å². The highest BCUT2D eigenvalue weighted by molar-refractivity contribution is 5.94. The van der Waals surface area contributed by atoms with Crippen molar-refractivity contribution in [2.45, 2.75) is 18.8 Å². The molecular weight excluding hydrogens is 331 g/mol. The van der Waals surface area contributed by atoms with Gasteiger partial charge in [-0.15, -0.1) is 0 Å². The summed E-state index contributed by atoms with van der Waals surface area (Å²) in [6, 6.07) is 11.7. The number of likely N-dealkylation sites (tertiary alicyclic amines) is 1. The molecule has 1 aliphatic heterocycles. The van der Waals surface area contributed by atoms with Gasteiger partial charge in [0.25, 0.3) is 5.91 Å². The smallest absolute Gasteiger partial charge is 0.253 e. The maximum Gasteiger partial charge on any atom is 0.253 e. The molecule has 0 spiro atoms. The molecule has 1 fully saturated rings. The van der Waals surface area contributed by atoms with Crippen LogP contribution in [-0.2, 0) is 0 Å². The molecule has 5 nitrogen and oxygen atoms in total. The Morgan fingerprint density at radius 2 is 2.00 bits per heavy atom. The molecule has 6 heteroatoms. The summed E-state index contributed by atoms with van der Waals surface area (Å²) in [7, 11) is 0. The molecule has 0 aliphatic carbocycles. The fourth-order valence-electron chi connectivity index (χ4n) is 3.38. The Morgan fingerprint density at radius 3 is 2.77 bits per heavy atom. The fraction of sp³-hybridized carbons (Fsp3) is 0.250. The van der Waals surface area contributed by atoms with Crippen LogP contribution in [0, 0.1) is 5.82 Å². The van der Waals surface area contributed by atoms with Crippen LogP contribution < -0.4 is 0 Å². The van der Waals surface area contributed by atoms with E-state index >= 15 is 0 Å². The van der Waals surface area contributed by atoms with Gasteiger partial charge >= 0.3 is 0 Å². The van der Waals surface area contributed by atoms with Crippen molar-refractivity contribution < 1.29 is 9.18 Å². The van der Waals surface area contributed by atoms with Crippen LogP contribution >= 0.6 is 0 Å². The van der Waals surface area contributed by atoms with E-state index in [9.17, 15) is 9.18 Å². The SMILES string of the molecule is O=C(c1ccc(F)cc1)N1CCC[C@H](c2cccc(-n3ccnc3)n2)C1. The second kappa shape index (κ2) is 7.07. The van der Waals surface area contributed by atoms with Crippen molar-refractivity contribution in [2.75, 3.05) is 13.1 Å². The highest BCUT2D eigenvalue weighted by Gasteiger charge is 2.26. The molecule has 0 saturated carbocycles. The first kappa shape index (κ1) is 16.4. The Kier molecular flexibility index (Phi) is 4.48. The summed E-state index contributed by atoms with van der Waals surface area (Å²) in [5.41, 5.74) is 1.50. The molecule has 0 bridgehead atoms. The molecular formula is C20H19FN4O. The summed E-state index contributed by atoms with van der Waals surface area (Å²) in [4.78, 5) is 23.4. The average molecular weight is 350 g/mol. The van der Waals surface area contributed by atoms with Gasteiger partial charge in [0, 0.05) is 42.7 Å². The molecule has 1 amide bonds. The molecule has 1 saturated heterocycles. The van der Waals surface area contributed by atoms with Gasteiger partial charge in [-0.3, -0.25) is 9.36 Å². The highest BCUT2D eigenvalue weighted by Crippen LogP contribution is 2.27. The van der Waals surface area contributed by atoms with Gasteiger partial charge in [0.1, 0.15) is 18.0 Å². The van der Waals surface area contributed by atoms with Gasteiger partial charge in [-0.05, 0) is 49.2 Å². The van der Waals surface area contributed by atoms with Gasteiger partial charge in [-0.2, -0.15) is 0 Å². The number of rotatable bonds is 3. The summed E-state index contributed by atoms with van der Waals surface area (Å²) >= 11 is 0. The summed E-state index contributed by atoms with van der Waals surface area (Å²) in [5, 5.41) is 0. The lowest BCUT2D eigenvalue weighted by molar-refractivity contribution is 0.0706. The second-order valence-electron chi connectivity index (χ2n) is 6.49. The minimum absolute atomic E-state index is 0.0551. The molecule has 1 aromatic carbocycles. The monoisotopic (exact) mass is 350 g/mol. The second-order valence-corrected chi connectivity index (χ2v) is 6.49. The fourth-order valence-corrected chi connectivity index (χ4v) is 3.38. The molecule has 0 unspecified atom stereocenters. The van der Waals surface area contributed by atoms with E-state index in [2.05, 4.69) is 4.98 Å². The van der Waals surface area contributed by atoms with Crippen molar-refractivity contribution >= 4 is 5.91 Å². The first-order valence-electron chi connectivity index (χ1n) is 8.71. The predicted molar refractivity (Wildman–Crippen MR) is 95.6 cm³/mol. The van der Waals surface area contributed by atoms with Crippen molar-refractivity contribution in [3.05, 3.63) is 78.3 Å². The van der Waals surface area contributed by atoms with Crippen LogP contribution in [-0.4, -0.2) is 38.4 Å². The zero-order chi connectivity index (χ0) is 17.9. The van der Waals surface area contributed by atoms with Crippen molar-refractivity contribution in [1.82, 2.24) is 19.4 Å². The highest BCUT2D eigenvalue weighted by atomic mass is 19.1. The lowest BCUT2D eigenvalue weighted by Crippen LogP contribution is -2.39. The van der Waals surface area contributed by atoms with E-state index in [1.54, 1.807) is 24.7 Å². The Morgan fingerprint density at radius 1 is 1.15 bits per heavy atom. The number of hydrogen-bond donors (Lipinski definition) is 0. The van der Waals surface area contributed by atoms with Crippen LogP contribution in [0.4, 0.5) is 4.39 Å². The number of amides is 1. The topological polar surface area (TPSA) is 51.0 Å². The molecule has 2 aromatic heterocycles. The van der Waals surface area contributed by atoms with Crippen LogP contribution in [0.1, 0.15) is 34.8 Å². The van der Waals surface area contributed by atoms with E-state index < -0.39 is 0 Å². The summed E-state index contributed by atoms with van der Waals surface area (Å²) in [5.74, 6) is 0.623. The van der Waals surface area contributed by atoms with E-state index in [1.165, 1.54) is 12.1 Å². The van der Waals surface area contributed by atoms with Gasteiger partial charge in [0.15, 0.2) is 0 Å². The van der Waals surface area contributed by atoms with Crippen LogP contribution in [0.2, 0.25) is 0 Å². The Hall–Kier alpha value is -3.02. The zero-order valence-electron chi connectivity index (χ0n) is 14.3. The first-order chi connectivity index (χ1) is 12.7. The summed E-state index contributed by atoms with van der Waals surface area (Å²) < 4.78 is 15.0. The largest absolute Gasteiger partial charge is 0.338 e. The molecule has 3 heterocycles. The van der Waals surface area contributed by atoms with Gasteiger partial charge in [0.05, 0.1) is 0 Å². The lowest BCUT2D eigenvalue weighted by atomic mass is 9.93. The number of piperidine rings is 1. The minimum atomic E-state index is -0.335. The maximum atomic E-state index is 13.1. The van der Waals surface area contributed by atoms with Crippen LogP contribution in [0.15, 0.2) is 61.2 Å². The molecule has 1 atom stereocenters. The number of aromatic nitrogens is 3. The van der Waals surface area contributed by atoms with Crippen LogP contribution in [0.25, 0.3) is 5.82 Å². The molecule has 26 heavy (non-hydrogen) atoms. The third-order valence-electron chi connectivity index (χ3n) is 4.74. The molecule has 0 N–H and O–H groups in total. The number of carbonyl (C=O) groups is 1. The normalized spacial score (nSPS) is 17.3. The van der Waals surface area contributed by atoms with Gasteiger partial charge in [-0.1, -0.05) is 6.07 Å². The summed E-state index contributed by atoms with van der Waals surface area (Å²) in [6.07, 6.45) is 7.22. The zero-order valence-corrected chi connectivity index (χ0v) is 14.3. The number of pyridine rings is 1. The number of benzene rings is 1. The number of halogens is 1. The number of imidazole rings is 1. The first-order valence-corrected chi connectivity index (χ1v) is 8.71. The molecule has 4 rings (SSSR count). The average Bonchev–Trinajstić information content (AvgIpc) is 3.23. The summed E-state index contributed by atoms with van der Waals surface area (Å²) in [6.45, 7) is 1.34. The van der Waals surface area contributed by atoms with Crippen LogP contribution in [0.3, 0.4) is 0 Å². The van der Waals surface area contributed by atoms with Gasteiger partial charge < -0.3 is 4.90 Å². The Balaban J connectivity index is 1.53. The van der Waals surface area contributed by atoms with E-state index in [-0.39, 0.29) is 17.6 Å². The van der Waals surface area contributed by atoms with Crippen molar-refractivity contribution in [2.24, 2.45) is 0 Å². The number of nitrogens with zero attached hydrogens (tertiary/aromatic N) is 4. The molecule has 1 aliphatic rings. The van der Waals surface area contributed by atoms with Crippen molar-refractivity contribution in [3.8, 4) is 5.82 Å². The van der Waals surface area contributed by atoms with Gasteiger partial charge in [0.2, 0.25) is 0 Å². The van der Waals surface area contributed by atoms with Crippen molar-refractivity contribution in [3.63, 3.8) is 0 Å². The molecule has 3 aromatic rings. The minimum Gasteiger partial charge on any atom is -0.338 e. The van der Waals surface area contributed by atoms with E-state index in [0.29, 0.717) is 18.7 Å². The predicted octanol–water partition coefficient (Wildman–Crippen LogP) is 3.43. The maximum absolute atomic E-state index is 13.1. The number of hydrogen-bond acceptors (Lipinski definition) is 3. The van der Waals surface area contributed by atoms with Crippen LogP contribution in [0.5, 0.6) is 0 Å². The third-order valence-corrected chi connectivity index (χ3v) is 4.74. The quantitative estimate of drug-likeness (QED) is 0.727.